The lowest BCUT2D eigenvalue weighted by atomic mass is 10.0. The van der Waals surface area contributed by atoms with E-state index in [0.717, 1.165) is 44.3 Å². The van der Waals surface area contributed by atoms with Crippen LogP contribution in [-0.2, 0) is 13.0 Å². The van der Waals surface area contributed by atoms with Gasteiger partial charge in [0.2, 0.25) is 0 Å². The van der Waals surface area contributed by atoms with Crippen molar-refractivity contribution < 1.29 is 14.0 Å². The summed E-state index contributed by atoms with van der Waals surface area (Å²) >= 11 is 0. The highest BCUT2D eigenvalue weighted by atomic mass is 16.3. The van der Waals surface area contributed by atoms with Crippen LogP contribution in [-0.4, -0.2) is 34.8 Å². The van der Waals surface area contributed by atoms with Crippen LogP contribution >= 0.6 is 0 Å². The van der Waals surface area contributed by atoms with Crippen LogP contribution in [0.3, 0.4) is 0 Å². The molecule has 1 saturated heterocycles. The second-order valence-corrected chi connectivity index (χ2v) is 7.78. The third-order valence-corrected chi connectivity index (χ3v) is 5.71. The van der Waals surface area contributed by atoms with Gasteiger partial charge in [-0.3, -0.25) is 9.59 Å². The summed E-state index contributed by atoms with van der Waals surface area (Å²) in [5.41, 5.74) is 3.57. The Labute approximate surface area is 182 Å². The molecule has 1 aliphatic rings. The summed E-state index contributed by atoms with van der Waals surface area (Å²) in [6, 6.07) is 15.4. The number of carbonyl (C=O) groups is 2. The Morgan fingerprint density at radius 1 is 1.00 bits per heavy atom. The highest BCUT2D eigenvalue weighted by Gasteiger charge is 2.25. The van der Waals surface area contributed by atoms with Gasteiger partial charge in [0.1, 0.15) is 0 Å². The average Bonchev–Trinajstić information content (AvgIpc) is 3.33. The van der Waals surface area contributed by atoms with E-state index >= 15 is 0 Å². The van der Waals surface area contributed by atoms with Gasteiger partial charge in [0.05, 0.1) is 5.56 Å². The molecular formula is C25H27N3O3. The Morgan fingerprint density at radius 3 is 2.45 bits per heavy atom. The summed E-state index contributed by atoms with van der Waals surface area (Å²) in [5.74, 6) is -0.0441. The lowest BCUT2D eigenvalue weighted by molar-refractivity contribution is 0.0724. The molecule has 1 N–H and O–H groups in total. The number of amides is 2. The minimum atomic E-state index is -0.330. The number of piperidine rings is 1. The number of hydrogen-bond donors (Lipinski definition) is 1. The van der Waals surface area contributed by atoms with Crippen molar-refractivity contribution in [2.45, 2.75) is 39.2 Å². The van der Waals surface area contributed by atoms with Gasteiger partial charge in [0.15, 0.2) is 17.8 Å². The molecule has 6 nitrogen and oxygen atoms in total. The van der Waals surface area contributed by atoms with E-state index < -0.39 is 0 Å². The van der Waals surface area contributed by atoms with E-state index in [1.165, 1.54) is 12.0 Å². The summed E-state index contributed by atoms with van der Waals surface area (Å²) in [7, 11) is 0. The summed E-state index contributed by atoms with van der Waals surface area (Å²) < 4.78 is 5.59. The Kier molecular flexibility index (Phi) is 6.46. The average molecular weight is 418 g/mol. The first-order valence-corrected chi connectivity index (χ1v) is 10.9. The number of hydrogen-bond acceptors (Lipinski definition) is 4. The van der Waals surface area contributed by atoms with Crippen molar-refractivity contribution in [1.82, 2.24) is 15.2 Å². The van der Waals surface area contributed by atoms with Crippen molar-refractivity contribution >= 4 is 11.8 Å². The molecule has 0 unspecified atom stereocenters. The van der Waals surface area contributed by atoms with Gasteiger partial charge in [-0.1, -0.05) is 49.4 Å². The van der Waals surface area contributed by atoms with E-state index in [2.05, 4.69) is 29.4 Å². The molecular weight excluding hydrogens is 390 g/mol. The number of nitrogens with one attached hydrogen (secondary N) is 1. The maximum Gasteiger partial charge on any atom is 0.274 e. The Balaban J connectivity index is 1.53. The minimum Gasteiger partial charge on any atom is -0.443 e. The van der Waals surface area contributed by atoms with Crippen molar-refractivity contribution in [3.63, 3.8) is 0 Å². The minimum absolute atomic E-state index is 0.0333. The first kappa shape index (κ1) is 20.8. The number of carbonyl (C=O) groups excluding carboxylic acids is 2. The van der Waals surface area contributed by atoms with Gasteiger partial charge < -0.3 is 14.6 Å². The smallest absolute Gasteiger partial charge is 0.274 e. The lowest BCUT2D eigenvalue weighted by Gasteiger charge is -2.27. The van der Waals surface area contributed by atoms with Crippen LogP contribution in [0, 0.1) is 0 Å². The van der Waals surface area contributed by atoms with Gasteiger partial charge in [-0.2, -0.15) is 0 Å². The van der Waals surface area contributed by atoms with Crippen molar-refractivity contribution in [3.8, 4) is 11.3 Å². The first-order valence-electron chi connectivity index (χ1n) is 10.9. The van der Waals surface area contributed by atoms with Crippen molar-refractivity contribution in [2.75, 3.05) is 13.1 Å². The Morgan fingerprint density at radius 2 is 1.71 bits per heavy atom. The van der Waals surface area contributed by atoms with Gasteiger partial charge in [-0.25, -0.2) is 4.98 Å². The quantitative estimate of drug-likeness (QED) is 0.642. The number of aromatic nitrogens is 1. The van der Waals surface area contributed by atoms with E-state index in [-0.39, 0.29) is 17.5 Å². The molecule has 0 saturated carbocycles. The van der Waals surface area contributed by atoms with Gasteiger partial charge >= 0.3 is 0 Å². The number of benzene rings is 2. The van der Waals surface area contributed by atoms with Crippen LogP contribution < -0.4 is 5.32 Å². The summed E-state index contributed by atoms with van der Waals surface area (Å²) in [5, 5.41) is 2.90. The number of oxazole rings is 1. The normalized spacial score (nSPS) is 13.8. The zero-order valence-corrected chi connectivity index (χ0v) is 17.8. The largest absolute Gasteiger partial charge is 0.443 e. The van der Waals surface area contributed by atoms with E-state index in [0.29, 0.717) is 23.4 Å². The van der Waals surface area contributed by atoms with E-state index in [1.807, 2.05) is 29.2 Å². The van der Waals surface area contributed by atoms with Crippen LogP contribution in [0.2, 0.25) is 0 Å². The van der Waals surface area contributed by atoms with E-state index in [1.54, 1.807) is 12.1 Å². The lowest BCUT2D eigenvalue weighted by Crippen LogP contribution is -2.35. The number of nitrogens with zero attached hydrogens (tertiary/aromatic N) is 2. The Bertz CT molecular complexity index is 1050. The molecule has 0 spiro atoms. The zero-order chi connectivity index (χ0) is 21.6. The fourth-order valence-electron chi connectivity index (χ4n) is 3.89. The van der Waals surface area contributed by atoms with Crippen LogP contribution in [0.5, 0.6) is 0 Å². The maximum absolute atomic E-state index is 13.1. The second-order valence-electron chi connectivity index (χ2n) is 7.78. The monoisotopic (exact) mass is 417 g/mol. The van der Waals surface area contributed by atoms with Gasteiger partial charge in [0.25, 0.3) is 11.8 Å². The number of rotatable bonds is 6. The predicted octanol–water partition coefficient (Wildman–Crippen LogP) is 4.46. The molecule has 1 aliphatic heterocycles. The fourth-order valence-corrected chi connectivity index (χ4v) is 3.89. The first-order chi connectivity index (χ1) is 15.2. The molecule has 160 valence electrons. The third-order valence-electron chi connectivity index (χ3n) is 5.71. The summed E-state index contributed by atoms with van der Waals surface area (Å²) in [4.78, 5) is 32.0. The molecule has 2 amide bonds. The van der Waals surface area contributed by atoms with Crippen molar-refractivity contribution in [1.29, 1.82) is 0 Å². The van der Waals surface area contributed by atoms with Gasteiger partial charge in [-0.05, 0) is 42.9 Å². The Hall–Kier alpha value is -3.41. The molecule has 1 aromatic heterocycles. The zero-order valence-electron chi connectivity index (χ0n) is 17.8. The predicted molar refractivity (Wildman–Crippen MR) is 119 cm³/mol. The molecule has 0 bridgehead atoms. The standard InChI is InChI=1S/C25H27N3O3/c1-2-18-10-12-19(13-11-18)16-26-24(29)22-23(31-17-27-22)20-8-4-5-9-21(20)25(30)28-14-6-3-7-15-28/h4-5,8-13,17H,2-3,6-7,14-16H2,1H3,(H,26,29). The molecule has 2 heterocycles. The highest BCUT2D eigenvalue weighted by Crippen LogP contribution is 2.28. The highest BCUT2D eigenvalue weighted by molar-refractivity contribution is 6.04. The number of aryl methyl sites for hydroxylation is 1. The summed E-state index contributed by atoms with van der Waals surface area (Å²) in [6.45, 7) is 4.02. The van der Waals surface area contributed by atoms with Gasteiger partial charge in [-0.15, -0.1) is 0 Å². The molecule has 0 radical (unpaired) electrons. The van der Waals surface area contributed by atoms with Crippen LogP contribution in [0.4, 0.5) is 0 Å². The van der Waals surface area contributed by atoms with E-state index in [9.17, 15) is 9.59 Å². The fraction of sp³-hybridized carbons (Fsp3) is 0.320. The molecule has 3 aromatic rings. The number of likely N-dealkylation sites (tertiary alicyclic amines) is 1. The summed E-state index contributed by atoms with van der Waals surface area (Å²) in [6.07, 6.45) is 5.41. The van der Waals surface area contributed by atoms with Crippen LogP contribution in [0.15, 0.2) is 59.3 Å². The van der Waals surface area contributed by atoms with Crippen LogP contribution in [0.25, 0.3) is 11.3 Å². The molecule has 31 heavy (non-hydrogen) atoms. The van der Waals surface area contributed by atoms with Gasteiger partial charge in [0, 0.05) is 25.2 Å². The maximum atomic E-state index is 13.1. The van der Waals surface area contributed by atoms with Crippen molar-refractivity contribution in [3.05, 3.63) is 77.3 Å². The molecule has 2 aromatic carbocycles. The third kappa shape index (κ3) is 4.68. The molecule has 6 heteroatoms. The SMILES string of the molecule is CCc1ccc(CNC(=O)c2ncoc2-c2ccccc2C(=O)N2CCCCC2)cc1. The molecule has 0 atom stereocenters. The molecule has 1 fully saturated rings. The van der Waals surface area contributed by atoms with Crippen molar-refractivity contribution in [2.24, 2.45) is 0 Å². The second kappa shape index (κ2) is 9.60. The molecule has 4 rings (SSSR count). The topological polar surface area (TPSA) is 75.4 Å². The van der Waals surface area contributed by atoms with E-state index in [4.69, 9.17) is 4.42 Å². The molecule has 0 aliphatic carbocycles. The van der Waals surface area contributed by atoms with Crippen LogP contribution in [0.1, 0.15) is 58.2 Å².